The molecule has 2 rings (SSSR count). The Hall–Kier alpha value is -4.61. The van der Waals surface area contributed by atoms with Crippen LogP contribution >= 0.6 is 0 Å². The molecule has 0 aliphatic rings. The number of aromatic hydroxyl groups is 1. The van der Waals surface area contributed by atoms with Crippen LogP contribution in [0.25, 0.3) is 0 Å². The van der Waals surface area contributed by atoms with Crippen LogP contribution in [-0.2, 0) is 35.6 Å². The number of sulfonamides is 1. The molecule has 45 heavy (non-hydrogen) atoms. The number of carbonyl (C=O) groups excluding carboxylic acids is 2. The Morgan fingerprint density at radius 1 is 1.04 bits per heavy atom. The van der Waals surface area contributed by atoms with Crippen molar-refractivity contribution < 1.29 is 32.6 Å². The maximum atomic E-state index is 13.7. The monoisotopic (exact) mass is 641 g/mol. The zero-order valence-electron chi connectivity index (χ0n) is 26.4. The van der Waals surface area contributed by atoms with Crippen LogP contribution in [0.3, 0.4) is 0 Å². The molecular weight excluding hydrogens is 602 g/mol. The van der Waals surface area contributed by atoms with Gasteiger partial charge in [0.15, 0.2) is 5.69 Å². The van der Waals surface area contributed by atoms with Crippen molar-refractivity contribution in [3.05, 3.63) is 70.1 Å². The number of pyridine rings is 1. The molecule has 0 bridgehead atoms. The summed E-state index contributed by atoms with van der Waals surface area (Å²) in [6.07, 6.45) is -0.385. The molecule has 1 aromatic carbocycles. The molecule has 0 radical (unpaired) electrons. The van der Waals surface area contributed by atoms with Gasteiger partial charge in [0, 0.05) is 23.3 Å². The second kappa shape index (κ2) is 15.9. The highest BCUT2D eigenvalue weighted by Crippen LogP contribution is 2.32. The molecule has 1 aromatic heterocycles. The van der Waals surface area contributed by atoms with E-state index >= 15 is 0 Å². The zero-order chi connectivity index (χ0) is 34.1. The summed E-state index contributed by atoms with van der Waals surface area (Å²) in [4.78, 5) is 36.6. The van der Waals surface area contributed by atoms with Crippen molar-refractivity contribution in [1.82, 2.24) is 8.87 Å². The summed E-state index contributed by atoms with van der Waals surface area (Å²) in [5.74, 6) is -1.79. The van der Waals surface area contributed by atoms with Crippen LogP contribution in [0, 0.1) is 18.3 Å². The molecule has 0 aliphatic heterocycles. The molecule has 0 saturated carbocycles. The quantitative estimate of drug-likeness (QED) is 0.160. The highest BCUT2D eigenvalue weighted by Gasteiger charge is 2.30. The van der Waals surface area contributed by atoms with Crippen LogP contribution in [-0.4, -0.2) is 59.6 Å². The van der Waals surface area contributed by atoms with E-state index in [0.717, 1.165) is 15.3 Å². The number of nitriles is 1. The van der Waals surface area contributed by atoms with Crippen LogP contribution in [0.1, 0.15) is 58.6 Å². The molecular formula is C31H39N5O8S. The second-order valence-electron chi connectivity index (χ2n) is 10.6. The minimum absolute atomic E-state index is 0.0540. The van der Waals surface area contributed by atoms with Gasteiger partial charge in [0.1, 0.15) is 23.8 Å². The maximum Gasteiger partial charge on any atom is 0.333 e. The lowest BCUT2D eigenvalue weighted by molar-refractivity contribution is -0.144. The highest BCUT2D eigenvalue weighted by atomic mass is 32.2. The average Bonchev–Trinajstić information content (AvgIpc) is 2.96. The van der Waals surface area contributed by atoms with Crippen molar-refractivity contribution in [2.24, 2.45) is 10.2 Å². The number of ether oxygens (including phenoxy) is 2. The van der Waals surface area contributed by atoms with E-state index in [4.69, 9.17) is 9.47 Å². The first-order valence-corrected chi connectivity index (χ1v) is 15.6. The van der Waals surface area contributed by atoms with Gasteiger partial charge in [-0.05, 0) is 65.3 Å². The molecule has 2 aromatic rings. The third-order valence-electron chi connectivity index (χ3n) is 6.48. The summed E-state index contributed by atoms with van der Waals surface area (Å²) in [6.45, 7) is 16.1. The Kier molecular flexibility index (Phi) is 12.9. The van der Waals surface area contributed by atoms with Gasteiger partial charge in [-0.3, -0.25) is 9.36 Å². The first-order valence-electron chi connectivity index (χ1n) is 14.2. The van der Waals surface area contributed by atoms with Crippen LogP contribution in [0.2, 0.25) is 0 Å². The van der Waals surface area contributed by atoms with Crippen LogP contribution in [0.15, 0.2) is 68.5 Å². The zero-order valence-corrected chi connectivity index (χ0v) is 27.2. The van der Waals surface area contributed by atoms with E-state index in [9.17, 15) is 33.2 Å². The highest BCUT2D eigenvalue weighted by molar-refractivity contribution is 7.89. The predicted molar refractivity (Wildman–Crippen MR) is 167 cm³/mol. The predicted octanol–water partition coefficient (Wildman–Crippen LogP) is 4.96. The van der Waals surface area contributed by atoms with Crippen LogP contribution in [0.4, 0.5) is 11.4 Å². The van der Waals surface area contributed by atoms with Crippen molar-refractivity contribution in [2.75, 3.05) is 13.1 Å². The third-order valence-corrected chi connectivity index (χ3v) is 8.32. The number of benzene rings is 1. The van der Waals surface area contributed by atoms with Gasteiger partial charge in [0.25, 0.3) is 5.56 Å². The summed E-state index contributed by atoms with van der Waals surface area (Å²) in [7, 11) is -4.21. The van der Waals surface area contributed by atoms with Gasteiger partial charge in [-0.25, -0.2) is 18.0 Å². The van der Waals surface area contributed by atoms with E-state index in [-0.39, 0.29) is 58.2 Å². The van der Waals surface area contributed by atoms with Gasteiger partial charge in [0.2, 0.25) is 15.9 Å². The minimum atomic E-state index is -4.21. The molecule has 0 saturated heterocycles. The summed E-state index contributed by atoms with van der Waals surface area (Å²) in [6, 6.07) is 7.21. The maximum absolute atomic E-state index is 13.7. The first-order chi connectivity index (χ1) is 21.0. The van der Waals surface area contributed by atoms with E-state index < -0.39 is 45.6 Å². The molecule has 1 N–H and O–H groups in total. The molecule has 0 aliphatic carbocycles. The first kappa shape index (κ1) is 36.6. The molecule has 0 amide bonds. The lowest BCUT2D eigenvalue weighted by atomic mass is 10.1. The Labute approximate surface area is 263 Å². The normalized spacial score (nSPS) is 12.8. The number of rotatable bonds is 15. The molecule has 0 fully saturated rings. The Morgan fingerprint density at radius 2 is 1.56 bits per heavy atom. The number of carbonyl (C=O) groups is 2. The van der Waals surface area contributed by atoms with Gasteiger partial charge in [-0.1, -0.05) is 26.5 Å². The summed E-state index contributed by atoms with van der Waals surface area (Å²) in [5.41, 5.74) is -0.154. The van der Waals surface area contributed by atoms with Crippen molar-refractivity contribution in [3.8, 4) is 11.9 Å². The van der Waals surface area contributed by atoms with Crippen molar-refractivity contribution in [2.45, 2.75) is 78.0 Å². The summed E-state index contributed by atoms with van der Waals surface area (Å²) < 4.78 is 40.1. The smallest absolute Gasteiger partial charge is 0.333 e. The average molecular weight is 642 g/mol. The molecule has 242 valence electrons. The second-order valence-corrected chi connectivity index (χ2v) is 12.5. The lowest BCUT2D eigenvalue weighted by Crippen LogP contribution is -2.43. The van der Waals surface area contributed by atoms with Crippen LogP contribution in [0.5, 0.6) is 5.88 Å². The standard InChI is InChI=1S/C31H39N5O8S/c1-9-10-15-36-28(37)26(16-32)23(8)27(29(36)38)34-33-24-11-13-25(14-12-24)45(41,42)35(17-21(6)43-30(39)19(2)3)18-22(7)44-31(40)20(4)5/h11-14,21-22,38H,2,4,9-10,15,17-18H2,1,3,5-8H3/b34-33+. The molecule has 0 spiro atoms. The van der Waals surface area contributed by atoms with Crippen LogP contribution < -0.4 is 5.56 Å². The minimum Gasteiger partial charge on any atom is -0.493 e. The van der Waals surface area contributed by atoms with Crippen molar-refractivity contribution >= 4 is 33.3 Å². The Morgan fingerprint density at radius 3 is 2.00 bits per heavy atom. The largest absolute Gasteiger partial charge is 0.493 e. The number of nitrogens with zero attached hydrogens (tertiary/aromatic N) is 5. The van der Waals surface area contributed by atoms with Crippen molar-refractivity contribution in [1.29, 1.82) is 5.26 Å². The van der Waals surface area contributed by atoms with E-state index in [0.29, 0.717) is 6.42 Å². The van der Waals surface area contributed by atoms with Gasteiger partial charge in [-0.15, -0.1) is 5.11 Å². The number of aromatic nitrogens is 1. The SMILES string of the molecule is C=C(C)C(=O)OC(C)CN(CC(C)OC(=O)C(=C)C)S(=O)(=O)c1ccc(/N=N/c2c(C)c(C#N)c(=O)n(CCCC)c2O)cc1. The van der Waals surface area contributed by atoms with E-state index in [2.05, 4.69) is 23.4 Å². The Balaban J connectivity index is 2.43. The van der Waals surface area contributed by atoms with Gasteiger partial charge in [0.05, 0.1) is 23.7 Å². The van der Waals surface area contributed by atoms with E-state index in [1.165, 1.54) is 58.9 Å². The van der Waals surface area contributed by atoms with Crippen molar-refractivity contribution in [3.63, 3.8) is 0 Å². The number of azo groups is 1. The number of unbranched alkanes of at least 4 members (excludes halogenated alkanes) is 1. The lowest BCUT2D eigenvalue weighted by Gasteiger charge is -2.27. The number of hydrogen-bond donors (Lipinski definition) is 1. The molecule has 1 heterocycles. The Bertz CT molecular complexity index is 1650. The van der Waals surface area contributed by atoms with E-state index in [1.54, 1.807) is 0 Å². The number of hydrogen-bond acceptors (Lipinski definition) is 11. The van der Waals surface area contributed by atoms with Gasteiger partial charge >= 0.3 is 11.9 Å². The fraction of sp³-hybridized carbons (Fsp3) is 0.419. The summed E-state index contributed by atoms with van der Waals surface area (Å²) >= 11 is 0. The molecule has 13 nitrogen and oxygen atoms in total. The topological polar surface area (TPSA) is 181 Å². The molecule has 14 heteroatoms. The number of esters is 2. The fourth-order valence-corrected chi connectivity index (χ4v) is 5.60. The summed E-state index contributed by atoms with van der Waals surface area (Å²) in [5, 5.41) is 28.4. The van der Waals surface area contributed by atoms with Gasteiger partial charge < -0.3 is 14.6 Å². The fourth-order valence-electron chi connectivity index (χ4n) is 4.01. The van der Waals surface area contributed by atoms with E-state index in [1.807, 2.05) is 13.0 Å². The van der Waals surface area contributed by atoms with Gasteiger partial charge in [-0.2, -0.15) is 14.7 Å². The molecule has 2 atom stereocenters. The molecule has 2 unspecified atom stereocenters. The third kappa shape index (κ3) is 9.44.